The molecule has 0 aliphatic rings. The molecule has 0 bridgehead atoms. The van der Waals surface area contributed by atoms with E-state index in [0.717, 1.165) is 16.7 Å². The average Bonchev–Trinajstić information content (AvgIpc) is 2.17. The molecule has 0 spiro atoms. The van der Waals surface area contributed by atoms with E-state index in [1.54, 1.807) is 12.1 Å². The van der Waals surface area contributed by atoms with Gasteiger partial charge in [0.25, 0.3) is 0 Å². The van der Waals surface area contributed by atoms with E-state index >= 15 is 0 Å². The molecular weight excluding hydrogens is 216 g/mol. The highest BCUT2D eigenvalue weighted by Crippen LogP contribution is 2.34. The van der Waals surface area contributed by atoms with Crippen LogP contribution in [-0.2, 0) is 23.1 Å². The molecule has 0 amide bonds. The lowest BCUT2D eigenvalue weighted by atomic mass is 9.83. The summed E-state index contributed by atoms with van der Waals surface area (Å²) in [7, 11) is 0. The highest BCUT2D eigenvalue weighted by Gasteiger charge is 2.21. The molecule has 0 aliphatic heterocycles. The van der Waals surface area contributed by atoms with Crippen LogP contribution in [0.15, 0.2) is 12.1 Å². The number of benzene rings is 1. The molecule has 3 heteroatoms. The maximum atomic E-state index is 10.8. The predicted octanol–water partition coefficient (Wildman–Crippen LogP) is 2.88. The number of aryl methyl sites for hydroxylation is 1. The Morgan fingerprint density at radius 2 is 1.88 bits per heavy atom. The van der Waals surface area contributed by atoms with E-state index < -0.39 is 5.97 Å². The second kappa shape index (κ2) is 4.78. The minimum Gasteiger partial charge on any atom is -0.507 e. The third-order valence-electron chi connectivity index (χ3n) is 2.79. The highest BCUT2D eigenvalue weighted by molar-refractivity contribution is 5.70. The van der Waals surface area contributed by atoms with E-state index in [1.165, 1.54) is 0 Å². The van der Waals surface area contributed by atoms with Crippen LogP contribution in [0.2, 0.25) is 0 Å². The van der Waals surface area contributed by atoms with Crippen molar-refractivity contribution < 1.29 is 15.0 Å². The fourth-order valence-corrected chi connectivity index (χ4v) is 1.88. The summed E-state index contributed by atoms with van der Waals surface area (Å²) < 4.78 is 0. The topological polar surface area (TPSA) is 57.5 Å². The lowest BCUT2D eigenvalue weighted by Gasteiger charge is -2.23. The van der Waals surface area contributed by atoms with Crippen LogP contribution in [0.3, 0.4) is 0 Å². The minimum absolute atomic E-state index is 0.00361. The van der Waals surface area contributed by atoms with Crippen molar-refractivity contribution in [2.24, 2.45) is 0 Å². The second-order valence-electron chi connectivity index (χ2n) is 5.33. The standard InChI is InChI=1S/C14H20O3/c1-5-10-6-9(8-12(15)16)7-11(13(10)17)14(2,3)4/h6-7,17H,5,8H2,1-4H3,(H,15,16). The Morgan fingerprint density at radius 3 is 2.29 bits per heavy atom. The quantitative estimate of drug-likeness (QED) is 0.848. The van der Waals surface area contributed by atoms with Crippen LogP contribution in [0.4, 0.5) is 0 Å². The van der Waals surface area contributed by atoms with Gasteiger partial charge in [0, 0.05) is 0 Å². The Morgan fingerprint density at radius 1 is 1.29 bits per heavy atom. The first-order valence-corrected chi connectivity index (χ1v) is 5.82. The van der Waals surface area contributed by atoms with Gasteiger partial charge in [0.15, 0.2) is 0 Å². The Hall–Kier alpha value is -1.51. The number of hydrogen-bond acceptors (Lipinski definition) is 2. The summed E-state index contributed by atoms with van der Waals surface area (Å²) in [5.74, 6) is -0.549. The van der Waals surface area contributed by atoms with Gasteiger partial charge in [-0.05, 0) is 28.5 Å². The number of phenolic OH excluding ortho intramolecular Hbond substituents is 1. The Balaban J connectivity index is 3.33. The van der Waals surface area contributed by atoms with Gasteiger partial charge in [-0.2, -0.15) is 0 Å². The molecule has 0 radical (unpaired) electrons. The third kappa shape index (κ3) is 3.22. The van der Waals surface area contributed by atoms with Crippen LogP contribution in [0.25, 0.3) is 0 Å². The van der Waals surface area contributed by atoms with E-state index in [4.69, 9.17) is 5.11 Å². The van der Waals surface area contributed by atoms with E-state index in [1.807, 2.05) is 27.7 Å². The number of aliphatic carboxylic acids is 1. The monoisotopic (exact) mass is 236 g/mol. The SMILES string of the molecule is CCc1cc(CC(=O)O)cc(C(C)(C)C)c1O. The first-order valence-electron chi connectivity index (χ1n) is 5.82. The maximum absolute atomic E-state index is 10.8. The van der Waals surface area contributed by atoms with E-state index in [9.17, 15) is 9.90 Å². The van der Waals surface area contributed by atoms with Crippen molar-refractivity contribution in [2.75, 3.05) is 0 Å². The van der Waals surface area contributed by atoms with Gasteiger partial charge in [0.2, 0.25) is 0 Å². The van der Waals surface area contributed by atoms with Crippen LogP contribution in [0.1, 0.15) is 44.4 Å². The first kappa shape index (κ1) is 13.6. The molecule has 94 valence electrons. The maximum Gasteiger partial charge on any atom is 0.307 e. The molecule has 1 rings (SSSR count). The molecule has 1 aromatic rings. The highest BCUT2D eigenvalue weighted by atomic mass is 16.4. The minimum atomic E-state index is -0.849. The molecular formula is C14H20O3. The average molecular weight is 236 g/mol. The fraction of sp³-hybridized carbons (Fsp3) is 0.500. The number of hydrogen-bond donors (Lipinski definition) is 2. The molecule has 0 saturated carbocycles. The molecule has 0 saturated heterocycles. The summed E-state index contributed by atoms with van der Waals surface area (Å²) in [6.07, 6.45) is 0.693. The van der Waals surface area contributed by atoms with Gasteiger partial charge in [-0.15, -0.1) is 0 Å². The molecule has 17 heavy (non-hydrogen) atoms. The van der Waals surface area contributed by atoms with Crippen molar-refractivity contribution in [1.29, 1.82) is 0 Å². The summed E-state index contributed by atoms with van der Waals surface area (Å²) in [5, 5.41) is 19.0. The van der Waals surface area contributed by atoms with Crippen molar-refractivity contribution in [2.45, 2.75) is 46.0 Å². The Kier molecular flexibility index (Phi) is 3.81. The molecule has 2 N–H and O–H groups in total. The van der Waals surface area contributed by atoms with Crippen molar-refractivity contribution >= 4 is 5.97 Å². The second-order valence-corrected chi connectivity index (χ2v) is 5.33. The fourth-order valence-electron chi connectivity index (χ4n) is 1.88. The van der Waals surface area contributed by atoms with Crippen molar-refractivity contribution in [3.8, 4) is 5.75 Å². The summed E-state index contributed by atoms with van der Waals surface area (Å²) in [6, 6.07) is 3.57. The summed E-state index contributed by atoms with van der Waals surface area (Å²) in [6.45, 7) is 7.97. The first-order chi connectivity index (χ1) is 7.75. The van der Waals surface area contributed by atoms with Gasteiger partial charge in [-0.25, -0.2) is 0 Å². The Labute approximate surface area is 102 Å². The number of rotatable bonds is 3. The van der Waals surface area contributed by atoms with Gasteiger partial charge in [0.1, 0.15) is 5.75 Å². The number of carbonyl (C=O) groups is 1. The lowest BCUT2D eigenvalue weighted by molar-refractivity contribution is -0.136. The molecule has 0 aliphatic carbocycles. The number of carboxylic acids is 1. The summed E-state index contributed by atoms with van der Waals surface area (Å²) in [5.41, 5.74) is 2.18. The lowest BCUT2D eigenvalue weighted by Crippen LogP contribution is -2.13. The molecule has 0 heterocycles. The summed E-state index contributed by atoms with van der Waals surface area (Å²) >= 11 is 0. The van der Waals surface area contributed by atoms with Gasteiger partial charge in [-0.1, -0.05) is 39.8 Å². The molecule has 0 unspecified atom stereocenters. The molecule has 1 aromatic carbocycles. The van der Waals surface area contributed by atoms with E-state index in [2.05, 4.69) is 0 Å². The third-order valence-corrected chi connectivity index (χ3v) is 2.79. The zero-order valence-electron chi connectivity index (χ0n) is 10.9. The largest absolute Gasteiger partial charge is 0.507 e. The van der Waals surface area contributed by atoms with Gasteiger partial charge in [0.05, 0.1) is 6.42 Å². The van der Waals surface area contributed by atoms with Gasteiger partial charge >= 0.3 is 5.97 Å². The molecule has 0 atom stereocenters. The molecule has 0 aromatic heterocycles. The zero-order chi connectivity index (χ0) is 13.2. The van der Waals surface area contributed by atoms with Crippen LogP contribution in [-0.4, -0.2) is 16.2 Å². The van der Waals surface area contributed by atoms with Crippen molar-refractivity contribution in [3.05, 3.63) is 28.8 Å². The summed E-state index contributed by atoms with van der Waals surface area (Å²) in [4.78, 5) is 10.8. The van der Waals surface area contributed by atoms with Crippen molar-refractivity contribution in [3.63, 3.8) is 0 Å². The van der Waals surface area contributed by atoms with Gasteiger partial charge in [-0.3, -0.25) is 4.79 Å². The van der Waals surface area contributed by atoms with Crippen LogP contribution < -0.4 is 0 Å². The predicted molar refractivity (Wildman–Crippen MR) is 67.5 cm³/mol. The van der Waals surface area contributed by atoms with E-state index in [0.29, 0.717) is 12.2 Å². The zero-order valence-corrected chi connectivity index (χ0v) is 10.9. The normalized spacial score (nSPS) is 11.5. The molecule has 0 fully saturated rings. The van der Waals surface area contributed by atoms with Crippen LogP contribution in [0.5, 0.6) is 5.75 Å². The number of phenols is 1. The molecule has 3 nitrogen and oxygen atoms in total. The van der Waals surface area contributed by atoms with Crippen LogP contribution in [0, 0.1) is 0 Å². The van der Waals surface area contributed by atoms with E-state index in [-0.39, 0.29) is 11.8 Å². The van der Waals surface area contributed by atoms with Gasteiger partial charge < -0.3 is 10.2 Å². The Bertz CT molecular complexity index is 428. The number of carboxylic acid groups (broad SMARTS) is 1. The smallest absolute Gasteiger partial charge is 0.307 e. The van der Waals surface area contributed by atoms with Crippen LogP contribution >= 0.6 is 0 Å². The number of aromatic hydroxyl groups is 1. The van der Waals surface area contributed by atoms with Crippen molar-refractivity contribution in [1.82, 2.24) is 0 Å².